The first kappa shape index (κ1) is 15.0. The predicted octanol–water partition coefficient (Wildman–Crippen LogP) is 3.76. The van der Waals surface area contributed by atoms with Crippen LogP contribution in [0.1, 0.15) is 34.9 Å². The highest BCUT2D eigenvalue weighted by Crippen LogP contribution is 2.38. The average Bonchev–Trinajstić information content (AvgIpc) is 3.32. The highest BCUT2D eigenvalue weighted by atomic mass is 79.9. The second kappa shape index (κ2) is 6.16. The van der Waals surface area contributed by atoms with Crippen molar-refractivity contribution in [3.63, 3.8) is 0 Å². The first-order valence-corrected chi connectivity index (χ1v) is 8.43. The molecule has 0 unspecified atom stereocenters. The van der Waals surface area contributed by atoms with Crippen LogP contribution in [0.3, 0.4) is 0 Å². The highest BCUT2D eigenvalue weighted by molar-refractivity contribution is 9.10. The summed E-state index contributed by atoms with van der Waals surface area (Å²) in [6, 6.07) is 9.22. The molecule has 4 rings (SSSR count). The molecule has 0 atom stereocenters. The number of halogens is 1. The maximum absolute atomic E-state index is 12.3. The van der Waals surface area contributed by atoms with Crippen molar-refractivity contribution in [3.05, 3.63) is 58.6 Å². The summed E-state index contributed by atoms with van der Waals surface area (Å²) in [5, 5.41) is 10.1. The molecule has 6 nitrogen and oxygen atoms in total. The molecule has 1 aromatic carbocycles. The summed E-state index contributed by atoms with van der Waals surface area (Å²) in [4.78, 5) is 20.8. The lowest BCUT2D eigenvalue weighted by atomic mass is 10.2. The zero-order chi connectivity index (χ0) is 16.5. The van der Waals surface area contributed by atoms with E-state index in [1.807, 2.05) is 24.3 Å². The van der Waals surface area contributed by atoms with Crippen molar-refractivity contribution < 1.29 is 4.79 Å². The fourth-order valence-corrected chi connectivity index (χ4v) is 2.78. The Bertz CT molecular complexity index is 903. The van der Waals surface area contributed by atoms with E-state index in [0.717, 1.165) is 15.9 Å². The Labute approximate surface area is 146 Å². The van der Waals surface area contributed by atoms with Gasteiger partial charge in [-0.3, -0.25) is 14.9 Å². The molecule has 1 amide bonds. The third-order valence-electron chi connectivity index (χ3n) is 3.81. The SMILES string of the molecule is O=C(Nc1cccc(-c2n[nH]c(C3CC3)n2)c1)c1cncc(Br)c1. The average molecular weight is 384 g/mol. The fourth-order valence-electron chi connectivity index (χ4n) is 2.42. The third kappa shape index (κ3) is 3.21. The molecule has 1 aliphatic rings. The Morgan fingerprint density at radius 1 is 1.25 bits per heavy atom. The summed E-state index contributed by atoms with van der Waals surface area (Å²) in [6.07, 6.45) is 5.51. The van der Waals surface area contributed by atoms with Crippen molar-refractivity contribution >= 4 is 27.5 Å². The van der Waals surface area contributed by atoms with Gasteiger partial charge in [0, 0.05) is 34.0 Å². The zero-order valence-electron chi connectivity index (χ0n) is 12.7. The lowest BCUT2D eigenvalue weighted by Crippen LogP contribution is -2.12. The smallest absolute Gasteiger partial charge is 0.257 e. The molecule has 1 fully saturated rings. The molecule has 2 heterocycles. The normalized spacial score (nSPS) is 13.7. The molecule has 1 aliphatic carbocycles. The topological polar surface area (TPSA) is 83.6 Å². The van der Waals surface area contributed by atoms with Gasteiger partial charge in [-0.1, -0.05) is 12.1 Å². The molecule has 0 saturated heterocycles. The number of rotatable bonds is 4. The molecule has 0 spiro atoms. The van der Waals surface area contributed by atoms with Gasteiger partial charge in [-0.05, 0) is 47.0 Å². The molecule has 2 N–H and O–H groups in total. The molecule has 0 bridgehead atoms. The lowest BCUT2D eigenvalue weighted by Gasteiger charge is -2.06. The van der Waals surface area contributed by atoms with Crippen molar-refractivity contribution in [1.29, 1.82) is 0 Å². The summed E-state index contributed by atoms with van der Waals surface area (Å²) in [5.41, 5.74) is 2.04. The number of benzene rings is 1. The second-order valence-electron chi connectivity index (χ2n) is 5.75. The van der Waals surface area contributed by atoms with Gasteiger partial charge in [0.1, 0.15) is 5.82 Å². The Morgan fingerprint density at radius 3 is 2.92 bits per heavy atom. The molecule has 120 valence electrons. The molecule has 2 aromatic heterocycles. The standard InChI is InChI=1S/C17H14BrN5O/c18-13-6-12(8-19-9-13)17(24)20-14-3-1-2-11(7-14)16-21-15(22-23-16)10-4-5-10/h1-3,6-10H,4-5H2,(H,20,24)(H,21,22,23). The number of nitrogens with zero attached hydrogens (tertiary/aromatic N) is 3. The summed E-state index contributed by atoms with van der Waals surface area (Å²) in [7, 11) is 0. The van der Waals surface area contributed by atoms with Crippen LogP contribution in [0.15, 0.2) is 47.2 Å². The van der Waals surface area contributed by atoms with Crippen molar-refractivity contribution in [3.8, 4) is 11.4 Å². The van der Waals surface area contributed by atoms with E-state index in [1.54, 1.807) is 12.3 Å². The van der Waals surface area contributed by atoms with Gasteiger partial charge >= 0.3 is 0 Å². The number of hydrogen-bond donors (Lipinski definition) is 2. The van der Waals surface area contributed by atoms with E-state index < -0.39 is 0 Å². The Morgan fingerprint density at radius 2 is 2.12 bits per heavy atom. The maximum Gasteiger partial charge on any atom is 0.257 e. The lowest BCUT2D eigenvalue weighted by molar-refractivity contribution is 0.102. The van der Waals surface area contributed by atoms with Crippen molar-refractivity contribution in [2.24, 2.45) is 0 Å². The molecule has 24 heavy (non-hydrogen) atoms. The Hall–Kier alpha value is -2.54. The second-order valence-corrected chi connectivity index (χ2v) is 6.66. The number of anilines is 1. The zero-order valence-corrected chi connectivity index (χ0v) is 14.2. The van der Waals surface area contributed by atoms with Gasteiger partial charge in [0.2, 0.25) is 0 Å². The number of H-pyrrole nitrogens is 1. The number of pyridine rings is 1. The minimum atomic E-state index is -0.213. The summed E-state index contributed by atoms with van der Waals surface area (Å²) >= 11 is 3.31. The van der Waals surface area contributed by atoms with Crippen molar-refractivity contribution in [2.75, 3.05) is 5.32 Å². The van der Waals surface area contributed by atoms with Crippen LogP contribution in [0.4, 0.5) is 5.69 Å². The van der Waals surface area contributed by atoms with Gasteiger partial charge in [0.15, 0.2) is 5.82 Å². The van der Waals surface area contributed by atoms with E-state index >= 15 is 0 Å². The quantitative estimate of drug-likeness (QED) is 0.718. The highest BCUT2D eigenvalue weighted by Gasteiger charge is 2.27. The van der Waals surface area contributed by atoms with Gasteiger partial charge in [-0.15, -0.1) is 0 Å². The first-order chi connectivity index (χ1) is 11.7. The molecule has 7 heteroatoms. The molecule has 1 saturated carbocycles. The number of aromatic amines is 1. The number of carbonyl (C=O) groups is 1. The molecule has 3 aromatic rings. The first-order valence-electron chi connectivity index (χ1n) is 7.64. The van der Waals surface area contributed by atoms with E-state index in [9.17, 15) is 4.79 Å². The van der Waals surface area contributed by atoms with Gasteiger partial charge in [-0.2, -0.15) is 5.10 Å². The number of amides is 1. The summed E-state index contributed by atoms with van der Waals surface area (Å²) in [6.45, 7) is 0. The van der Waals surface area contributed by atoms with E-state index in [0.29, 0.717) is 23.0 Å². The van der Waals surface area contributed by atoms with Crippen LogP contribution >= 0.6 is 15.9 Å². The minimum Gasteiger partial charge on any atom is -0.322 e. The van der Waals surface area contributed by atoms with Crippen LogP contribution in [-0.4, -0.2) is 26.1 Å². The molecule has 0 aliphatic heterocycles. The van der Waals surface area contributed by atoms with Crippen LogP contribution in [0, 0.1) is 0 Å². The number of nitrogens with one attached hydrogen (secondary N) is 2. The minimum absolute atomic E-state index is 0.213. The molecular weight excluding hydrogens is 370 g/mol. The van der Waals surface area contributed by atoms with Crippen molar-refractivity contribution in [2.45, 2.75) is 18.8 Å². The van der Waals surface area contributed by atoms with E-state index in [-0.39, 0.29) is 5.91 Å². The van der Waals surface area contributed by atoms with Crippen molar-refractivity contribution in [1.82, 2.24) is 20.2 Å². The van der Waals surface area contributed by atoms with Crippen LogP contribution in [0.5, 0.6) is 0 Å². The van der Waals surface area contributed by atoms with Crippen LogP contribution < -0.4 is 5.32 Å². The largest absolute Gasteiger partial charge is 0.322 e. The number of aromatic nitrogens is 4. The summed E-state index contributed by atoms with van der Waals surface area (Å²) < 4.78 is 0.761. The Balaban J connectivity index is 1.54. The van der Waals surface area contributed by atoms with E-state index in [1.165, 1.54) is 19.0 Å². The number of hydrogen-bond acceptors (Lipinski definition) is 4. The molecular formula is C17H14BrN5O. The maximum atomic E-state index is 12.3. The van der Waals surface area contributed by atoms with Gasteiger partial charge in [0.05, 0.1) is 5.56 Å². The van der Waals surface area contributed by atoms with E-state index in [2.05, 4.69) is 41.4 Å². The van der Waals surface area contributed by atoms with Crippen LogP contribution in [0.25, 0.3) is 11.4 Å². The molecule has 0 radical (unpaired) electrons. The Kier molecular flexibility index (Phi) is 3.86. The number of carbonyl (C=O) groups excluding carboxylic acids is 1. The van der Waals surface area contributed by atoms with E-state index in [4.69, 9.17) is 0 Å². The van der Waals surface area contributed by atoms with Gasteiger partial charge < -0.3 is 5.32 Å². The van der Waals surface area contributed by atoms with Gasteiger partial charge in [-0.25, -0.2) is 4.98 Å². The monoisotopic (exact) mass is 383 g/mol. The summed E-state index contributed by atoms with van der Waals surface area (Å²) in [5.74, 6) is 1.91. The third-order valence-corrected chi connectivity index (χ3v) is 4.25. The van der Waals surface area contributed by atoms with Crippen LogP contribution in [0.2, 0.25) is 0 Å². The van der Waals surface area contributed by atoms with Gasteiger partial charge in [0.25, 0.3) is 5.91 Å². The van der Waals surface area contributed by atoms with Crippen LogP contribution in [-0.2, 0) is 0 Å². The predicted molar refractivity (Wildman–Crippen MR) is 93.7 cm³/mol. The fraction of sp³-hybridized carbons (Fsp3) is 0.176.